The smallest absolute Gasteiger partial charge is 0.163 e. The van der Waals surface area contributed by atoms with E-state index in [1.807, 2.05) is 6.33 Å². The Bertz CT molecular complexity index is 416. The molecule has 60 valence electrons. The summed E-state index contributed by atoms with van der Waals surface area (Å²) >= 11 is 0. The lowest BCUT2D eigenvalue weighted by Crippen LogP contribution is -1.92. The van der Waals surface area contributed by atoms with Gasteiger partial charge in [-0.1, -0.05) is 0 Å². The molecule has 1 saturated carbocycles. The number of fused-ring (bicyclic) bond motifs is 1. The van der Waals surface area contributed by atoms with Crippen LogP contribution in [-0.4, -0.2) is 19.5 Å². The van der Waals surface area contributed by atoms with E-state index in [9.17, 15) is 0 Å². The second-order valence-corrected chi connectivity index (χ2v) is 3.11. The summed E-state index contributed by atoms with van der Waals surface area (Å²) in [6, 6.07) is 0.643. The Morgan fingerprint density at radius 3 is 3.08 bits per heavy atom. The van der Waals surface area contributed by atoms with E-state index in [0.717, 1.165) is 11.2 Å². The highest BCUT2D eigenvalue weighted by Crippen LogP contribution is 2.36. The molecule has 0 amide bonds. The summed E-state index contributed by atoms with van der Waals surface area (Å²) in [6.45, 7) is 0. The Balaban J connectivity index is 2.30. The molecule has 0 aromatic carbocycles. The van der Waals surface area contributed by atoms with Crippen LogP contribution in [0.1, 0.15) is 18.9 Å². The van der Waals surface area contributed by atoms with E-state index in [4.69, 9.17) is 0 Å². The zero-order valence-electron chi connectivity index (χ0n) is 6.51. The van der Waals surface area contributed by atoms with Crippen LogP contribution in [-0.2, 0) is 0 Å². The van der Waals surface area contributed by atoms with E-state index >= 15 is 0 Å². The molecular weight excluding hydrogens is 152 g/mol. The average molecular weight is 160 g/mol. The highest BCUT2D eigenvalue weighted by Gasteiger charge is 2.25. The van der Waals surface area contributed by atoms with Gasteiger partial charge >= 0.3 is 0 Å². The Kier molecular flexibility index (Phi) is 1.03. The van der Waals surface area contributed by atoms with Crippen LogP contribution in [0.4, 0.5) is 0 Å². The lowest BCUT2D eigenvalue weighted by Gasteiger charge is -1.96. The van der Waals surface area contributed by atoms with Gasteiger partial charge in [0.15, 0.2) is 5.65 Å². The number of hydrogen-bond donors (Lipinski definition) is 0. The molecule has 2 aromatic rings. The van der Waals surface area contributed by atoms with Crippen molar-refractivity contribution in [2.45, 2.75) is 18.9 Å². The molecule has 0 unspecified atom stereocenters. The van der Waals surface area contributed by atoms with Crippen molar-refractivity contribution in [2.75, 3.05) is 0 Å². The van der Waals surface area contributed by atoms with Crippen molar-refractivity contribution >= 4 is 11.2 Å². The molecule has 1 fully saturated rings. The molecule has 0 spiro atoms. The summed E-state index contributed by atoms with van der Waals surface area (Å²) in [6.07, 6.45) is 7.70. The fourth-order valence-electron chi connectivity index (χ4n) is 1.40. The van der Waals surface area contributed by atoms with Crippen LogP contribution >= 0.6 is 0 Å². The van der Waals surface area contributed by atoms with Gasteiger partial charge in [-0.25, -0.2) is 15.0 Å². The Morgan fingerprint density at radius 2 is 2.25 bits per heavy atom. The first-order valence-electron chi connectivity index (χ1n) is 4.08. The maximum atomic E-state index is 4.22. The van der Waals surface area contributed by atoms with Crippen molar-refractivity contribution in [3.63, 3.8) is 0 Å². The summed E-state index contributed by atoms with van der Waals surface area (Å²) in [5.41, 5.74) is 1.86. The predicted molar refractivity (Wildman–Crippen MR) is 43.6 cm³/mol. The second-order valence-electron chi connectivity index (χ2n) is 3.11. The maximum Gasteiger partial charge on any atom is 0.163 e. The molecule has 1 aliphatic rings. The van der Waals surface area contributed by atoms with Crippen molar-refractivity contribution in [1.82, 2.24) is 19.5 Å². The van der Waals surface area contributed by atoms with E-state index in [-0.39, 0.29) is 0 Å². The van der Waals surface area contributed by atoms with Gasteiger partial charge in [-0.05, 0) is 12.8 Å². The molecule has 1 aliphatic carbocycles. The van der Waals surface area contributed by atoms with Crippen molar-refractivity contribution in [3.05, 3.63) is 18.9 Å². The number of rotatable bonds is 1. The molecule has 3 rings (SSSR count). The fraction of sp³-hybridized carbons (Fsp3) is 0.375. The van der Waals surface area contributed by atoms with Crippen LogP contribution in [0.5, 0.6) is 0 Å². The van der Waals surface area contributed by atoms with E-state index in [2.05, 4.69) is 19.5 Å². The number of aromatic nitrogens is 4. The minimum absolute atomic E-state index is 0.643. The molecule has 0 atom stereocenters. The van der Waals surface area contributed by atoms with Gasteiger partial charge in [-0.3, -0.25) is 0 Å². The first kappa shape index (κ1) is 6.11. The topological polar surface area (TPSA) is 43.6 Å². The number of nitrogens with zero attached hydrogens (tertiary/aromatic N) is 4. The quantitative estimate of drug-likeness (QED) is 0.628. The van der Waals surface area contributed by atoms with Gasteiger partial charge in [0.1, 0.15) is 11.8 Å². The van der Waals surface area contributed by atoms with Crippen LogP contribution in [0.3, 0.4) is 0 Å². The summed E-state index contributed by atoms with van der Waals surface area (Å²) in [4.78, 5) is 12.3. The van der Waals surface area contributed by atoms with Crippen molar-refractivity contribution in [3.8, 4) is 0 Å². The van der Waals surface area contributed by atoms with Gasteiger partial charge in [-0.2, -0.15) is 0 Å². The molecule has 2 heterocycles. The van der Waals surface area contributed by atoms with E-state index in [1.165, 1.54) is 12.8 Å². The van der Waals surface area contributed by atoms with Crippen molar-refractivity contribution in [1.29, 1.82) is 0 Å². The van der Waals surface area contributed by atoms with Crippen molar-refractivity contribution in [2.24, 2.45) is 0 Å². The third kappa shape index (κ3) is 0.747. The van der Waals surface area contributed by atoms with Crippen LogP contribution in [0.25, 0.3) is 11.2 Å². The number of hydrogen-bond acceptors (Lipinski definition) is 3. The molecule has 0 radical (unpaired) electrons. The summed E-state index contributed by atoms with van der Waals surface area (Å²) in [5, 5.41) is 0. The monoisotopic (exact) mass is 160 g/mol. The van der Waals surface area contributed by atoms with Gasteiger partial charge in [-0.15, -0.1) is 0 Å². The minimum atomic E-state index is 0.643. The molecule has 2 aromatic heterocycles. The lowest BCUT2D eigenvalue weighted by atomic mass is 10.5. The minimum Gasteiger partial charge on any atom is -0.312 e. The molecule has 4 nitrogen and oxygen atoms in total. The van der Waals surface area contributed by atoms with Gasteiger partial charge in [0.2, 0.25) is 0 Å². The fourth-order valence-corrected chi connectivity index (χ4v) is 1.40. The second kappa shape index (κ2) is 2.03. The maximum absolute atomic E-state index is 4.22. The average Bonchev–Trinajstić information content (AvgIpc) is 2.86. The van der Waals surface area contributed by atoms with Gasteiger partial charge in [0.05, 0.1) is 12.5 Å². The SMILES string of the molecule is c1ncc2ncn(C3CC3)c2n1. The molecule has 12 heavy (non-hydrogen) atoms. The first-order chi connectivity index (χ1) is 5.95. The standard InChI is InChI=1S/C8H8N4/c1-2-6(1)12-5-11-7-3-9-4-10-8(7)12/h3-6H,1-2H2. The first-order valence-corrected chi connectivity index (χ1v) is 4.08. The molecular formula is C8H8N4. The van der Waals surface area contributed by atoms with Crippen LogP contribution in [0.2, 0.25) is 0 Å². The van der Waals surface area contributed by atoms with Crippen LogP contribution in [0.15, 0.2) is 18.9 Å². The van der Waals surface area contributed by atoms with Gasteiger partial charge < -0.3 is 4.57 Å². The largest absolute Gasteiger partial charge is 0.312 e. The summed E-state index contributed by atoms with van der Waals surface area (Å²) in [7, 11) is 0. The normalized spacial score (nSPS) is 17.0. The van der Waals surface area contributed by atoms with Gasteiger partial charge in [0.25, 0.3) is 0 Å². The Labute approximate surface area is 69.3 Å². The van der Waals surface area contributed by atoms with E-state index in [1.54, 1.807) is 12.5 Å². The highest BCUT2D eigenvalue weighted by atomic mass is 15.1. The Morgan fingerprint density at radius 1 is 1.33 bits per heavy atom. The predicted octanol–water partition coefficient (Wildman–Crippen LogP) is 1.16. The van der Waals surface area contributed by atoms with Crippen LogP contribution in [0, 0.1) is 0 Å². The van der Waals surface area contributed by atoms with Crippen molar-refractivity contribution < 1.29 is 0 Å². The molecule has 0 aliphatic heterocycles. The molecule has 4 heteroatoms. The highest BCUT2D eigenvalue weighted by molar-refractivity contribution is 5.69. The Hall–Kier alpha value is -1.45. The van der Waals surface area contributed by atoms with Crippen LogP contribution < -0.4 is 0 Å². The zero-order chi connectivity index (χ0) is 7.97. The van der Waals surface area contributed by atoms with E-state index in [0.29, 0.717) is 6.04 Å². The third-order valence-electron chi connectivity index (χ3n) is 2.18. The third-order valence-corrected chi connectivity index (χ3v) is 2.18. The molecule has 0 bridgehead atoms. The zero-order valence-corrected chi connectivity index (χ0v) is 6.51. The summed E-state index contributed by atoms with van der Waals surface area (Å²) in [5.74, 6) is 0. The summed E-state index contributed by atoms with van der Waals surface area (Å²) < 4.78 is 2.14. The van der Waals surface area contributed by atoms with Gasteiger partial charge in [0, 0.05) is 6.04 Å². The van der Waals surface area contributed by atoms with E-state index < -0.39 is 0 Å². The molecule has 0 N–H and O–H groups in total. The lowest BCUT2D eigenvalue weighted by molar-refractivity contribution is 0.756. The number of imidazole rings is 1. The molecule has 0 saturated heterocycles.